The van der Waals surface area contributed by atoms with Gasteiger partial charge in [-0.05, 0) is 24.3 Å². The van der Waals surface area contributed by atoms with Gasteiger partial charge < -0.3 is 4.42 Å². The van der Waals surface area contributed by atoms with Crippen LogP contribution in [0.3, 0.4) is 0 Å². The van der Waals surface area contributed by atoms with Gasteiger partial charge in [-0.1, -0.05) is 23.7 Å². The molecule has 0 aliphatic carbocycles. The van der Waals surface area contributed by atoms with Crippen LogP contribution in [-0.2, 0) is 0 Å². The van der Waals surface area contributed by atoms with E-state index in [2.05, 4.69) is 9.97 Å². The van der Waals surface area contributed by atoms with Crippen molar-refractivity contribution in [1.82, 2.24) is 9.97 Å². The molecule has 0 N–H and O–H groups in total. The lowest BCUT2D eigenvalue weighted by Crippen LogP contribution is -1.88. The minimum Gasteiger partial charge on any atom is -0.463 e. The first-order valence-corrected chi connectivity index (χ1v) is 5.82. The van der Waals surface area contributed by atoms with Crippen molar-refractivity contribution in [2.24, 2.45) is 0 Å². The number of nitrogens with zero attached hydrogens (tertiary/aromatic N) is 2. The van der Waals surface area contributed by atoms with Gasteiger partial charge in [-0.15, -0.1) is 0 Å². The molecule has 2 heterocycles. The average Bonchev–Trinajstić information content (AvgIpc) is 2.94. The van der Waals surface area contributed by atoms with E-state index in [0.717, 1.165) is 11.3 Å². The molecule has 0 aliphatic rings. The van der Waals surface area contributed by atoms with Crippen molar-refractivity contribution >= 4 is 11.6 Å². The molecular formula is C14H9ClN2O. The number of aromatic nitrogens is 2. The SMILES string of the molecule is Clc1ccc(-c2cncc(-c3ccco3)n2)cc1. The maximum atomic E-state index is 5.86. The zero-order valence-electron chi connectivity index (χ0n) is 9.38. The van der Waals surface area contributed by atoms with Crippen molar-refractivity contribution in [1.29, 1.82) is 0 Å². The molecule has 0 saturated heterocycles. The van der Waals surface area contributed by atoms with E-state index >= 15 is 0 Å². The summed E-state index contributed by atoms with van der Waals surface area (Å²) in [6, 6.07) is 11.2. The van der Waals surface area contributed by atoms with E-state index in [1.54, 1.807) is 18.7 Å². The average molecular weight is 257 g/mol. The summed E-state index contributed by atoms with van der Waals surface area (Å²) in [6.45, 7) is 0. The molecule has 3 rings (SSSR count). The van der Waals surface area contributed by atoms with Crippen LogP contribution >= 0.6 is 11.6 Å². The van der Waals surface area contributed by atoms with Crippen molar-refractivity contribution in [2.45, 2.75) is 0 Å². The Labute approximate surface area is 109 Å². The van der Waals surface area contributed by atoms with Crippen molar-refractivity contribution in [3.63, 3.8) is 0 Å². The summed E-state index contributed by atoms with van der Waals surface area (Å²) in [7, 11) is 0. The third-order valence-corrected chi connectivity index (χ3v) is 2.80. The number of benzene rings is 1. The molecule has 0 aliphatic heterocycles. The van der Waals surface area contributed by atoms with Gasteiger partial charge in [-0.25, -0.2) is 4.98 Å². The van der Waals surface area contributed by atoms with E-state index in [9.17, 15) is 0 Å². The van der Waals surface area contributed by atoms with E-state index in [-0.39, 0.29) is 0 Å². The normalized spacial score (nSPS) is 10.5. The van der Waals surface area contributed by atoms with Gasteiger partial charge in [-0.2, -0.15) is 0 Å². The van der Waals surface area contributed by atoms with Crippen LogP contribution < -0.4 is 0 Å². The van der Waals surface area contributed by atoms with E-state index in [1.165, 1.54) is 0 Å². The summed E-state index contributed by atoms with van der Waals surface area (Å²) in [6.07, 6.45) is 5.01. The number of hydrogen-bond acceptors (Lipinski definition) is 3. The summed E-state index contributed by atoms with van der Waals surface area (Å²) in [5.41, 5.74) is 2.48. The largest absolute Gasteiger partial charge is 0.463 e. The lowest BCUT2D eigenvalue weighted by atomic mass is 10.1. The van der Waals surface area contributed by atoms with Crippen molar-refractivity contribution in [3.8, 4) is 22.7 Å². The van der Waals surface area contributed by atoms with Crippen LogP contribution in [0.5, 0.6) is 0 Å². The first kappa shape index (κ1) is 11.0. The van der Waals surface area contributed by atoms with Crippen molar-refractivity contribution in [2.75, 3.05) is 0 Å². The van der Waals surface area contributed by atoms with Gasteiger partial charge in [0, 0.05) is 10.6 Å². The van der Waals surface area contributed by atoms with E-state index < -0.39 is 0 Å². The van der Waals surface area contributed by atoms with Gasteiger partial charge in [0.25, 0.3) is 0 Å². The highest BCUT2D eigenvalue weighted by Gasteiger charge is 2.05. The molecule has 3 nitrogen and oxygen atoms in total. The van der Waals surface area contributed by atoms with Crippen molar-refractivity contribution < 1.29 is 4.42 Å². The molecule has 0 saturated carbocycles. The van der Waals surface area contributed by atoms with Gasteiger partial charge in [0.1, 0.15) is 5.69 Å². The Bertz CT molecular complexity index is 648. The lowest BCUT2D eigenvalue weighted by Gasteiger charge is -2.02. The Balaban J connectivity index is 2.03. The highest BCUT2D eigenvalue weighted by Crippen LogP contribution is 2.22. The minimum absolute atomic E-state index is 0.703. The van der Waals surface area contributed by atoms with E-state index in [4.69, 9.17) is 16.0 Å². The van der Waals surface area contributed by atoms with Gasteiger partial charge in [0.2, 0.25) is 0 Å². The second-order valence-corrected chi connectivity index (χ2v) is 4.21. The molecule has 0 unspecified atom stereocenters. The highest BCUT2D eigenvalue weighted by molar-refractivity contribution is 6.30. The van der Waals surface area contributed by atoms with Crippen LogP contribution in [0, 0.1) is 0 Å². The third-order valence-electron chi connectivity index (χ3n) is 2.55. The summed E-state index contributed by atoms with van der Waals surface area (Å²) >= 11 is 5.86. The Kier molecular flexibility index (Phi) is 2.82. The predicted molar refractivity (Wildman–Crippen MR) is 70.2 cm³/mol. The maximum Gasteiger partial charge on any atom is 0.153 e. The topological polar surface area (TPSA) is 38.9 Å². The van der Waals surface area contributed by atoms with Crippen LogP contribution in [0.4, 0.5) is 0 Å². The van der Waals surface area contributed by atoms with E-state index in [1.807, 2.05) is 36.4 Å². The van der Waals surface area contributed by atoms with Gasteiger partial charge in [-0.3, -0.25) is 4.98 Å². The first-order valence-electron chi connectivity index (χ1n) is 5.45. The summed E-state index contributed by atoms with van der Waals surface area (Å²) in [4.78, 5) is 8.70. The molecule has 88 valence electrons. The molecule has 3 aromatic rings. The Hall–Kier alpha value is -2.13. The molecule has 0 radical (unpaired) electrons. The van der Waals surface area contributed by atoms with Crippen LogP contribution in [0.25, 0.3) is 22.7 Å². The second-order valence-electron chi connectivity index (χ2n) is 3.77. The minimum atomic E-state index is 0.703. The second kappa shape index (κ2) is 4.63. The molecule has 4 heteroatoms. The van der Waals surface area contributed by atoms with Crippen LogP contribution in [0.2, 0.25) is 5.02 Å². The van der Waals surface area contributed by atoms with Crippen LogP contribution in [-0.4, -0.2) is 9.97 Å². The molecule has 0 spiro atoms. The quantitative estimate of drug-likeness (QED) is 0.694. The molecule has 18 heavy (non-hydrogen) atoms. The number of halogens is 1. The molecule has 0 bridgehead atoms. The Morgan fingerprint density at radius 3 is 2.44 bits per heavy atom. The fourth-order valence-corrected chi connectivity index (χ4v) is 1.79. The van der Waals surface area contributed by atoms with Crippen LogP contribution in [0.15, 0.2) is 59.5 Å². The zero-order chi connectivity index (χ0) is 12.4. The predicted octanol–water partition coefficient (Wildman–Crippen LogP) is 4.06. The maximum absolute atomic E-state index is 5.86. The summed E-state index contributed by atoms with van der Waals surface area (Å²) in [5, 5.41) is 0.703. The number of rotatable bonds is 2. The standard InChI is InChI=1S/C14H9ClN2O/c15-11-5-3-10(4-6-11)12-8-16-9-13(17-12)14-2-1-7-18-14/h1-9H. The molecular weight excluding hydrogens is 248 g/mol. The molecule has 2 aromatic heterocycles. The summed E-state index contributed by atoms with van der Waals surface area (Å²) < 4.78 is 5.31. The Morgan fingerprint density at radius 2 is 1.72 bits per heavy atom. The molecule has 0 amide bonds. The smallest absolute Gasteiger partial charge is 0.153 e. The third kappa shape index (κ3) is 2.13. The van der Waals surface area contributed by atoms with Gasteiger partial charge in [0.05, 0.1) is 24.4 Å². The monoisotopic (exact) mass is 256 g/mol. The van der Waals surface area contributed by atoms with Gasteiger partial charge in [0.15, 0.2) is 5.76 Å². The molecule has 0 atom stereocenters. The molecule has 1 aromatic carbocycles. The highest BCUT2D eigenvalue weighted by atomic mass is 35.5. The molecule has 0 fully saturated rings. The fourth-order valence-electron chi connectivity index (χ4n) is 1.67. The van der Waals surface area contributed by atoms with E-state index in [0.29, 0.717) is 16.5 Å². The fraction of sp³-hybridized carbons (Fsp3) is 0. The van der Waals surface area contributed by atoms with Crippen LogP contribution in [0.1, 0.15) is 0 Å². The Morgan fingerprint density at radius 1 is 0.944 bits per heavy atom. The first-order chi connectivity index (χ1) is 8.83. The van der Waals surface area contributed by atoms with Crippen molar-refractivity contribution in [3.05, 3.63) is 60.1 Å². The zero-order valence-corrected chi connectivity index (χ0v) is 10.1. The van der Waals surface area contributed by atoms with Gasteiger partial charge >= 0.3 is 0 Å². The lowest BCUT2D eigenvalue weighted by molar-refractivity contribution is 0.580. The summed E-state index contributed by atoms with van der Waals surface area (Å²) in [5.74, 6) is 0.707. The number of hydrogen-bond donors (Lipinski definition) is 0. The number of furan rings is 1.